The van der Waals surface area contributed by atoms with Gasteiger partial charge < -0.3 is 10.3 Å². The van der Waals surface area contributed by atoms with Crippen LogP contribution in [0.15, 0.2) is 34.9 Å². The number of nitrogens with zero attached hydrogens (tertiary/aromatic N) is 2. The first-order valence-corrected chi connectivity index (χ1v) is 9.35. The smallest absolute Gasteiger partial charge is 0.233 e. The highest BCUT2D eigenvalue weighted by atomic mass is 16.5. The van der Waals surface area contributed by atoms with Crippen molar-refractivity contribution in [2.45, 2.75) is 62.3 Å². The second-order valence-corrected chi connectivity index (χ2v) is 8.33. The number of hydrogen-bond donors (Lipinski definition) is 1. The maximum atomic E-state index is 6.42. The Balaban J connectivity index is 1.53. The van der Waals surface area contributed by atoms with E-state index in [-0.39, 0.29) is 11.0 Å². The summed E-state index contributed by atoms with van der Waals surface area (Å²) >= 11 is 0. The Morgan fingerprint density at radius 3 is 2.62 bits per heavy atom. The van der Waals surface area contributed by atoms with Crippen LogP contribution >= 0.6 is 0 Å². The Kier molecular flexibility index (Phi) is 3.15. The molecule has 0 aliphatic heterocycles. The first-order valence-electron chi connectivity index (χ1n) is 9.35. The average molecular weight is 323 g/mol. The first kappa shape index (κ1) is 14.6. The van der Waals surface area contributed by atoms with E-state index in [2.05, 4.69) is 35.5 Å². The number of nitrogens with two attached hydrogens (primary N) is 1. The molecule has 3 unspecified atom stereocenters. The fourth-order valence-corrected chi connectivity index (χ4v) is 5.37. The Labute approximate surface area is 142 Å². The van der Waals surface area contributed by atoms with Crippen molar-refractivity contribution in [3.8, 4) is 0 Å². The van der Waals surface area contributed by atoms with E-state index >= 15 is 0 Å². The number of fused-ring (bicyclic) bond motifs is 2. The SMILES string of the molecule is NC1(c2noc(C3(Cc4ccccc4)CC4CCC3C4)n2)CCC1. The van der Waals surface area contributed by atoms with Crippen molar-refractivity contribution in [3.05, 3.63) is 47.6 Å². The maximum absolute atomic E-state index is 6.42. The van der Waals surface area contributed by atoms with Gasteiger partial charge in [-0.1, -0.05) is 41.9 Å². The van der Waals surface area contributed by atoms with Crippen molar-refractivity contribution in [2.24, 2.45) is 17.6 Å². The molecule has 0 saturated heterocycles. The molecule has 1 aromatic carbocycles. The lowest BCUT2D eigenvalue weighted by Crippen LogP contribution is -2.44. The normalized spacial score (nSPS) is 33.5. The minimum Gasteiger partial charge on any atom is -0.339 e. The van der Waals surface area contributed by atoms with Crippen LogP contribution < -0.4 is 5.73 Å². The largest absolute Gasteiger partial charge is 0.339 e. The Bertz CT molecular complexity index is 736. The Morgan fingerprint density at radius 2 is 2.00 bits per heavy atom. The third kappa shape index (κ3) is 2.08. The van der Waals surface area contributed by atoms with Gasteiger partial charge in [-0.15, -0.1) is 0 Å². The summed E-state index contributed by atoms with van der Waals surface area (Å²) in [5.41, 5.74) is 7.48. The maximum Gasteiger partial charge on any atom is 0.233 e. The fraction of sp³-hybridized carbons (Fsp3) is 0.600. The number of hydrogen-bond acceptors (Lipinski definition) is 4. The summed E-state index contributed by atoms with van der Waals surface area (Å²) < 4.78 is 5.86. The topological polar surface area (TPSA) is 64.9 Å². The standard InChI is InChI=1S/C20H25N3O/c21-20(9-4-10-20)17-22-18(24-23-17)19(12-14-5-2-1-3-6-14)13-15-7-8-16(19)11-15/h1-3,5-6,15-16H,4,7-13,21H2. The van der Waals surface area contributed by atoms with E-state index in [4.69, 9.17) is 15.2 Å². The van der Waals surface area contributed by atoms with Crippen LogP contribution in [0.4, 0.5) is 0 Å². The molecule has 2 N–H and O–H groups in total. The van der Waals surface area contributed by atoms with Gasteiger partial charge in [-0.2, -0.15) is 4.98 Å². The van der Waals surface area contributed by atoms with E-state index in [1.807, 2.05) is 0 Å². The molecular weight excluding hydrogens is 298 g/mol. The molecule has 3 fully saturated rings. The lowest BCUT2D eigenvalue weighted by Gasteiger charge is -2.36. The van der Waals surface area contributed by atoms with E-state index in [0.717, 1.165) is 36.9 Å². The minimum atomic E-state index is -0.340. The second kappa shape index (κ2) is 5.16. The van der Waals surface area contributed by atoms with Crippen LogP contribution in [0, 0.1) is 11.8 Å². The summed E-state index contributed by atoms with van der Waals surface area (Å²) in [5, 5.41) is 4.31. The summed E-state index contributed by atoms with van der Waals surface area (Å²) in [7, 11) is 0. The van der Waals surface area contributed by atoms with Crippen molar-refractivity contribution >= 4 is 0 Å². The van der Waals surface area contributed by atoms with Crippen LogP contribution in [0.25, 0.3) is 0 Å². The summed E-state index contributed by atoms with van der Waals surface area (Å²) in [6, 6.07) is 10.8. The zero-order valence-corrected chi connectivity index (χ0v) is 14.1. The summed E-state index contributed by atoms with van der Waals surface area (Å²) in [6.45, 7) is 0. The molecule has 0 spiro atoms. The van der Waals surface area contributed by atoms with Gasteiger partial charge in [0.1, 0.15) is 0 Å². The highest BCUT2D eigenvalue weighted by molar-refractivity contribution is 5.26. The van der Waals surface area contributed by atoms with E-state index in [1.165, 1.54) is 37.7 Å². The van der Waals surface area contributed by atoms with Crippen LogP contribution in [0.2, 0.25) is 0 Å². The van der Waals surface area contributed by atoms with Gasteiger partial charge in [0.2, 0.25) is 5.89 Å². The molecule has 126 valence electrons. The number of benzene rings is 1. The molecule has 3 aliphatic rings. The van der Waals surface area contributed by atoms with Crippen LogP contribution in [-0.2, 0) is 17.4 Å². The van der Waals surface area contributed by atoms with Crippen molar-refractivity contribution in [1.82, 2.24) is 10.1 Å². The zero-order chi connectivity index (χ0) is 16.2. The van der Waals surface area contributed by atoms with E-state index < -0.39 is 0 Å². The van der Waals surface area contributed by atoms with Gasteiger partial charge in [-0.05, 0) is 62.3 Å². The van der Waals surface area contributed by atoms with Gasteiger partial charge >= 0.3 is 0 Å². The monoisotopic (exact) mass is 323 g/mol. The highest BCUT2D eigenvalue weighted by Gasteiger charge is 2.55. The molecule has 3 atom stereocenters. The summed E-state index contributed by atoms with van der Waals surface area (Å²) in [4.78, 5) is 4.87. The predicted octanol–water partition coefficient (Wildman–Crippen LogP) is 3.71. The lowest BCUT2D eigenvalue weighted by atomic mass is 9.69. The molecule has 2 bridgehead atoms. The molecule has 2 aromatic rings. The second-order valence-electron chi connectivity index (χ2n) is 8.33. The molecule has 5 rings (SSSR count). The molecular formula is C20H25N3O. The minimum absolute atomic E-state index is 0.0234. The van der Waals surface area contributed by atoms with Gasteiger partial charge in [-0.25, -0.2) is 0 Å². The third-order valence-corrected chi connectivity index (χ3v) is 6.88. The molecule has 1 heterocycles. The lowest BCUT2D eigenvalue weighted by molar-refractivity contribution is 0.190. The summed E-state index contributed by atoms with van der Waals surface area (Å²) in [6.07, 6.45) is 9.29. The molecule has 3 saturated carbocycles. The van der Waals surface area contributed by atoms with E-state index in [1.54, 1.807) is 0 Å². The van der Waals surface area contributed by atoms with Crippen LogP contribution in [0.5, 0.6) is 0 Å². The fourth-order valence-electron chi connectivity index (χ4n) is 5.37. The number of aromatic nitrogens is 2. The molecule has 0 radical (unpaired) electrons. The first-order chi connectivity index (χ1) is 11.7. The van der Waals surface area contributed by atoms with Gasteiger partial charge in [0, 0.05) is 0 Å². The molecule has 3 aliphatic carbocycles. The van der Waals surface area contributed by atoms with Gasteiger partial charge in [0.15, 0.2) is 5.82 Å². The van der Waals surface area contributed by atoms with Crippen LogP contribution in [0.3, 0.4) is 0 Å². The van der Waals surface area contributed by atoms with Crippen molar-refractivity contribution in [2.75, 3.05) is 0 Å². The predicted molar refractivity (Wildman–Crippen MR) is 91.3 cm³/mol. The molecule has 24 heavy (non-hydrogen) atoms. The van der Waals surface area contributed by atoms with Gasteiger partial charge in [-0.3, -0.25) is 0 Å². The molecule has 1 aromatic heterocycles. The average Bonchev–Trinajstić information content (AvgIpc) is 3.29. The Morgan fingerprint density at radius 1 is 1.17 bits per heavy atom. The summed E-state index contributed by atoms with van der Waals surface area (Å²) in [5.74, 6) is 3.08. The van der Waals surface area contributed by atoms with Crippen molar-refractivity contribution < 1.29 is 4.52 Å². The van der Waals surface area contributed by atoms with E-state index in [0.29, 0.717) is 5.92 Å². The van der Waals surface area contributed by atoms with Crippen LogP contribution in [-0.4, -0.2) is 10.1 Å². The highest BCUT2D eigenvalue weighted by Crippen LogP contribution is 2.58. The molecule has 4 nitrogen and oxygen atoms in total. The quantitative estimate of drug-likeness (QED) is 0.931. The molecule has 4 heteroatoms. The van der Waals surface area contributed by atoms with Crippen LogP contribution in [0.1, 0.15) is 62.2 Å². The zero-order valence-electron chi connectivity index (χ0n) is 14.1. The van der Waals surface area contributed by atoms with Crippen molar-refractivity contribution in [1.29, 1.82) is 0 Å². The van der Waals surface area contributed by atoms with Gasteiger partial charge in [0.25, 0.3) is 0 Å². The van der Waals surface area contributed by atoms with Crippen molar-refractivity contribution in [3.63, 3.8) is 0 Å². The Hall–Kier alpha value is -1.68. The number of rotatable bonds is 4. The van der Waals surface area contributed by atoms with E-state index in [9.17, 15) is 0 Å². The van der Waals surface area contributed by atoms with Gasteiger partial charge in [0.05, 0.1) is 11.0 Å². The third-order valence-electron chi connectivity index (χ3n) is 6.88. The molecule has 0 amide bonds.